The van der Waals surface area contributed by atoms with Crippen molar-refractivity contribution >= 4 is 50.9 Å². The highest BCUT2D eigenvalue weighted by Gasteiger charge is 2.54. The lowest BCUT2D eigenvalue weighted by Crippen LogP contribution is -2.53. The van der Waals surface area contributed by atoms with Crippen molar-refractivity contribution in [1.29, 1.82) is 0 Å². The van der Waals surface area contributed by atoms with Crippen LogP contribution in [-0.2, 0) is 22.5 Å². The predicted octanol–water partition coefficient (Wildman–Crippen LogP) is 6.98. The molecule has 1 aliphatic heterocycles. The Bertz CT molecular complexity index is 1660. The first kappa shape index (κ1) is 31.9. The van der Waals surface area contributed by atoms with Crippen LogP contribution in [0.1, 0.15) is 34.8 Å². The second-order valence-corrected chi connectivity index (χ2v) is 11.9. The first-order valence-corrected chi connectivity index (χ1v) is 15.4. The minimum Gasteiger partial charge on any atom is -0.494 e. The number of benzene rings is 4. The van der Waals surface area contributed by atoms with E-state index in [0.717, 1.165) is 10.0 Å². The molecule has 4 aromatic carbocycles. The lowest BCUT2D eigenvalue weighted by Gasteiger charge is -2.31. The summed E-state index contributed by atoms with van der Waals surface area (Å²) < 4.78 is 26.7. The summed E-state index contributed by atoms with van der Waals surface area (Å²) in [6.07, 6.45) is -0.274. The number of nitrogens with zero attached hydrogens (tertiary/aromatic N) is 1. The van der Waals surface area contributed by atoms with Gasteiger partial charge in [0.25, 0.3) is 5.91 Å². The molecule has 0 fully saturated rings. The SMILES string of the molecule is O=C(NNCc1cccc(F)c1)[C@@]1(Cc2ccccc2Br)N=C(c2ccc(OCCCO)cc2)O[C@H]1c1ccc(Cl)cc1Cl. The Hall–Kier alpha value is -3.47. The molecule has 0 radical (unpaired) electrons. The number of nitrogens with one attached hydrogen (secondary N) is 2. The van der Waals surface area contributed by atoms with Crippen LogP contribution in [0.25, 0.3) is 0 Å². The van der Waals surface area contributed by atoms with Gasteiger partial charge in [0.05, 0.1) is 6.61 Å². The summed E-state index contributed by atoms with van der Waals surface area (Å²) in [6, 6.07) is 25.8. The Morgan fingerprint density at radius 3 is 2.57 bits per heavy atom. The van der Waals surface area contributed by atoms with Gasteiger partial charge in [0, 0.05) is 51.6 Å². The van der Waals surface area contributed by atoms with Crippen LogP contribution in [0.3, 0.4) is 0 Å². The summed E-state index contributed by atoms with van der Waals surface area (Å²) in [5, 5.41) is 9.80. The van der Waals surface area contributed by atoms with E-state index in [9.17, 15) is 9.18 Å². The number of hydrazine groups is 1. The van der Waals surface area contributed by atoms with Gasteiger partial charge in [-0.1, -0.05) is 75.5 Å². The molecule has 7 nitrogen and oxygen atoms in total. The van der Waals surface area contributed by atoms with Gasteiger partial charge in [0.1, 0.15) is 11.6 Å². The largest absolute Gasteiger partial charge is 0.494 e. The molecule has 228 valence electrons. The van der Waals surface area contributed by atoms with Crippen LogP contribution in [0.2, 0.25) is 10.0 Å². The van der Waals surface area contributed by atoms with Crippen LogP contribution >= 0.6 is 39.1 Å². The normalized spacial score (nSPS) is 17.6. The maximum atomic E-state index is 14.3. The number of ether oxygens (including phenoxy) is 2. The lowest BCUT2D eigenvalue weighted by atomic mass is 9.82. The van der Waals surface area contributed by atoms with E-state index < -0.39 is 17.6 Å². The summed E-state index contributed by atoms with van der Waals surface area (Å²) >= 11 is 16.6. The van der Waals surface area contributed by atoms with Gasteiger partial charge >= 0.3 is 0 Å². The summed E-state index contributed by atoms with van der Waals surface area (Å²) in [5.41, 5.74) is 6.82. The van der Waals surface area contributed by atoms with Crippen molar-refractivity contribution in [3.8, 4) is 5.75 Å². The number of aliphatic imine (C=N–C) groups is 1. The second-order valence-electron chi connectivity index (χ2n) is 10.2. The zero-order valence-corrected chi connectivity index (χ0v) is 26.5. The van der Waals surface area contributed by atoms with Gasteiger partial charge in [0.2, 0.25) is 5.90 Å². The first-order chi connectivity index (χ1) is 21.3. The fourth-order valence-corrected chi connectivity index (χ4v) is 5.82. The average Bonchev–Trinajstić information content (AvgIpc) is 3.39. The standard InChI is InChI=1S/C33H29BrCl2FN3O4/c34-28-8-2-1-6-23(28)19-33(32(42)40-38-20-21-5-3-7-25(37)17-21)30(27-14-11-24(35)18-29(27)36)44-31(39-33)22-9-12-26(13-10-22)43-16-4-15-41/h1-3,5-14,17-18,30,38,41H,4,15-16,19-20H2,(H,40,42)/t30-,33-/m0/s1. The summed E-state index contributed by atoms with van der Waals surface area (Å²) in [4.78, 5) is 19.3. The van der Waals surface area contributed by atoms with Gasteiger partial charge in [-0.2, -0.15) is 0 Å². The lowest BCUT2D eigenvalue weighted by molar-refractivity contribution is -0.130. The summed E-state index contributed by atoms with van der Waals surface area (Å²) in [7, 11) is 0. The van der Waals surface area contributed by atoms with Crippen LogP contribution < -0.4 is 15.6 Å². The molecule has 0 aliphatic carbocycles. The molecule has 0 saturated heterocycles. The van der Waals surface area contributed by atoms with Crippen molar-refractivity contribution < 1.29 is 23.8 Å². The fourth-order valence-electron chi connectivity index (χ4n) is 4.89. The van der Waals surface area contributed by atoms with Crippen LogP contribution in [-0.4, -0.2) is 35.7 Å². The Morgan fingerprint density at radius 2 is 1.84 bits per heavy atom. The zero-order valence-electron chi connectivity index (χ0n) is 23.4. The number of rotatable bonds is 12. The van der Waals surface area contributed by atoms with Crippen LogP contribution in [0, 0.1) is 5.82 Å². The molecule has 1 amide bonds. The third-order valence-corrected chi connectivity index (χ3v) is 8.41. The van der Waals surface area contributed by atoms with Crippen molar-refractivity contribution in [1.82, 2.24) is 10.9 Å². The van der Waals surface area contributed by atoms with Crippen molar-refractivity contribution in [3.05, 3.63) is 134 Å². The maximum absolute atomic E-state index is 14.3. The molecule has 4 aromatic rings. The Balaban J connectivity index is 1.55. The Morgan fingerprint density at radius 1 is 1.05 bits per heavy atom. The minimum absolute atomic E-state index is 0.0378. The monoisotopic (exact) mass is 699 g/mol. The van der Waals surface area contributed by atoms with Crippen LogP contribution in [0.4, 0.5) is 4.39 Å². The van der Waals surface area contributed by atoms with Gasteiger partial charge in [-0.25, -0.2) is 14.8 Å². The molecule has 0 aromatic heterocycles. The topological polar surface area (TPSA) is 92.2 Å². The number of carbonyl (C=O) groups excluding carboxylic acids is 1. The number of hydrogen-bond acceptors (Lipinski definition) is 6. The van der Waals surface area contributed by atoms with Gasteiger partial charge < -0.3 is 14.6 Å². The van der Waals surface area contributed by atoms with Gasteiger partial charge in [0.15, 0.2) is 11.6 Å². The fraction of sp³-hybridized carbons (Fsp3) is 0.212. The summed E-state index contributed by atoms with van der Waals surface area (Å²) in [5.74, 6) is 0.0217. The van der Waals surface area contributed by atoms with Crippen LogP contribution in [0.5, 0.6) is 5.75 Å². The Kier molecular flexibility index (Phi) is 10.6. The second kappa shape index (κ2) is 14.5. The van der Waals surface area contributed by atoms with E-state index in [2.05, 4.69) is 26.8 Å². The van der Waals surface area contributed by atoms with Gasteiger partial charge in [-0.15, -0.1) is 0 Å². The van der Waals surface area contributed by atoms with Crippen molar-refractivity contribution in [3.63, 3.8) is 0 Å². The van der Waals surface area contributed by atoms with E-state index in [0.29, 0.717) is 45.5 Å². The molecule has 2 atom stereocenters. The van der Waals surface area contributed by atoms with Crippen molar-refractivity contribution in [2.24, 2.45) is 4.99 Å². The molecule has 11 heteroatoms. The van der Waals surface area contributed by atoms with E-state index in [-0.39, 0.29) is 31.3 Å². The molecular weight excluding hydrogens is 672 g/mol. The quantitative estimate of drug-likeness (QED) is 0.110. The number of aliphatic hydroxyl groups excluding tert-OH is 1. The smallest absolute Gasteiger partial charge is 0.266 e. The highest BCUT2D eigenvalue weighted by Crippen LogP contribution is 2.45. The highest BCUT2D eigenvalue weighted by molar-refractivity contribution is 9.10. The van der Waals surface area contributed by atoms with Crippen molar-refractivity contribution in [2.75, 3.05) is 13.2 Å². The first-order valence-electron chi connectivity index (χ1n) is 13.9. The molecular formula is C33H29BrCl2FN3O4. The number of amides is 1. The molecule has 1 heterocycles. The van der Waals surface area contributed by atoms with E-state index in [1.54, 1.807) is 54.6 Å². The predicted molar refractivity (Wildman–Crippen MR) is 172 cm³/mol. The van der Waals surface area contributed by atoms with Crippen molar-refractivity contribution in [2.45, 2.75) is 31.0 Å². The molecule has 1 aliphatic rings. The molecule has 0 unspecified atom stereocenters. The Labute approximate surface area is 273 Å². The van der Waals surface area contributed by atoms with Gasteiger partial charge in [-0.05, 0) is 65.7 Å². The zero-order chi connectivity index (χ0) is 31.1. The molecule has 0 saturated carbocycles. The number of halogens is 4. The number of aliphatic hydroxyl groups is 1. The molecule has 0 spiro atoms. The minimum atomic E-state index is -1.53. The van der Waals surface area contributed by atoms with E-state index >= 15 is 0 Å². The number of carbonyl (C=O) groups is 1. The third kappa shape index (κ3) is 7.42. The number of hydrogen-bond donors (Lipinski definition) is 3. The molecule has 44 heavy (non-hydrogen) atoms. The summed E-state index contributed by atoms with van der Waals surface area (Å²) in [6.45, 7) is 0.592. The molecule has 3 N–H and O–H groups in total. The molecule has 0 bridgehead atoms. The van der Waals surface area contributed by atoms with Gasteiger partial charge in [-0.3, -0.25) is 10.2 Å². The van der Waals surface area contributed by atoms with E-state index in [1.165, 1.54) is 12.1 Å². The highest BCUT2D eigenvalue weighted by atomic mass is 79.9. The molecule has 5 rings (SSSR count). The average molecular weight is 701 g/mol. The van der Waals surface area contributed by atoms with Crippen LogP contribution in [0.15, 0.2) is 100 Å². The maximum Gasteiger partial charge on any atom is 0.266 e. The van der Waals surface area contributed by atoms with E-state index in [4.69, 9.17) is 42.8 Å². The third-order valence-electron chi connectivity index (χ3n) is 7.08. The van der Waals surface area contributed by atoms with E-state index in [1.807, 2.05) is 24.3 Å².